The molecule has 104 valence electrons. The number of nitrogens with zero attached hydrogens (tertiary/aromatic N) is 1. The van der Waals surface area contributed by atoms with Gasteiger partial charge in [-0.25, -0.2) is 0 Å². The van der Waals surface area contributed by atoms with Gasteiger partial charge >= 0.3 is 0 Å². The maximum atomic E-state index is 11.8. The highest BCUT2D eigenvalue weighted by Gasteiger charge is 2.13. The Morgan fingerprint density at radius 2 is 1.95 bits per heavy atom. The molecule has 0 aliphatic heterocycles. The summed E-state index contributed by atoms with van der Waals surface area (Å²) in [5.41, 5.74) is 7.46. The van der Waals surface area contributed by atoms with Gasteiger partial charge in [0.15, 0.2) is 0 Å². The second kappa shape index (κ2) is 5.98. The van der Waals surface area contributed by atoms with Crippen LogP contribution in [-0.4, -0.2) is 15.8 Å². The zero-order valence-electron chi connectivity index (χ0n) is 10.6. The molecule has 7 heteroatoms. The van der Waals surface area contributed by atoms with Crippen molar-refractivity contribution in [2.75, 3.05) is 0 Å². The summed E-state index contributed by atoms with van der Waals surface area (Å²) in [6.07, 6.45) is 1.19. The van der Waals surface area contributed by atoms with Gasteiger partial charge in [-0.2, -0.15) is 0 Å². The molecule has 2 rings (SSSR count). The molecule has 0 bridgehead atoms. The molecule has 1 heterocycles. The predicted octanol–water partition coefficient (Wildman–Crippen LogP) is 1.31. The molecule has 0 aliphatic rings. The Morgan fingerprint density at radius 1 is 1.30 bits per heavy atom. The topological polar surface area (TPSA) is 114 Å². The van der Waals surface area contributed by atoms with Gasteiger partial charge in [-0.3, -0.25) is 14.9 Å². The van der Waals surface area contributed by atoms with Crippen LogP contribution in [0.2, 0.25) is 0 Å². The fourth-order valence-corrected chi connectivity index (χ4v) is 1.69. The summed E-state index contributed by atoms with van der Waals surface area (Å²) in [6, 6.07) is 8.73. The van der Waals surface area contributed by atoms with Crippen LogP contribution in [-0.2, 0) is 13.1 Å². The average molecular weight is 274 g/mol. The fourth-order valence-electron chi connectivity index (χ4n) is 1.69. The van der Waals surface area contributed by atoms with Gasteiger partial charge in [-0.05, 0) is 11.1 Å². The summed E-state index contributed by atoms with van der Waals surface area (Å²) < 4.78 is 0. The largest absolute Gasteiger partial charge is 0.351 e. The molecule has 20 heavy (non-hydrogen) atoms. The lowest BCUT2D eigenvalue weighted by atomic mass is 10.1. The van der Waals surface area contributed by atoms with Gasteiger partial charge in [0, 0.05) is 19.2 Å². The van der Waals surface area contributed by atoms with E-state index in [0.29, 0.717) is 13.1 Å². The predicted molar refractivity (Wildman–Crippen MR) is 73.0 cm³/mol. The maximum absolute atomic E-state index is 11.8. The lowest BCUT2D eigenvalue weighted by molar-refractivity contribution is -0.384. The van der Waals surface area contributed by atoms with E-state index in [9.17, 15) is 14.9 Å². The van der Waals surface area contributed by atoms with E-state index >= 15 is 0 Å². The molecule has 0 radical (unpaired) electrons. The van der Waals surface area contributed by atoms with Gasteiger partial charge in [0.1, 0.15) is 5.69 Å². The zero-order chi connectivity index (χ0) is 14.5. The fraction of sp³-hybridized carbons (Fsp3) is 0.154. The normalized spacial score (nSPS) is 10.2. The molecule has 0 unspecified atom stereocenters. The van der Waals surface area contributed by atoms with E-state index in [0.717, 1.165) is 11.1 Å². The minimum atomic E-state index is -0.557. The van der Waals surface area contributed by atoms with Crippen molar-refractivity contribution < 1.29 is 9.72 Å². The van der Waals surface area contributed by atoms with E-state index in [1.54, 1.807) is 0 Å². The summed E-state index contributed by atoms with van der Waals surface area (Å²) in [5.74, 6) is -0.388. The summed E-state index contributed by atoms with van der Waals surface area (Å²) in [5, 5.41) is 13.2. The molecule has 1 amide bonds. The van der Waals surface area contributed by atoms with Crippen LogP contribution >= 0.6 is 0 Å². The Balaban J connectivity index is 1.95. The standard InChI is InChI=1S/C13H14N4O3/c14-6-9-1-3-10(4-2-9)7-16-13(18)12-5-11(8-15-12)17(19)20/h1-5,8,15H,6-7,14H2,(H,16,18). The minimum Gasteiger partial charge on any atom is -0.351 e. The van der Waals surface area contributed by atoms with E-state index in [1.807, 2.05) is 24.3 Å². The smallest absolute Gasteiger partial charge is 0.287 e. The van der Waals surface area contributed by atoms with E-state index in [1.165, 1.54) is 12.3 Å². The van der Waals surface area contributed by atoms with Gasteiger partial charge < -0.3 is 16.0 Å². The van der Waals surface area contributed by atoms with Crippen molar-refractivity contribution in [2.24, 2.45) is 5.73 Å². The van der Waals surface area contributed by atoms with Crippen LogP contribution in [0.25, 0.3) is 0 Å². The second-order valence-corrected chi connectivity index (χ2v) is 4.23. The van der Waals surface area contributed by atoms with E-state index in [-0.39, 0.29) is 17.3 Å². The van der Waals surface area contributed by atoms with Gasteiger partial charge in [0.2, 0.25) is 0 Å². The molecule has 0 spiro atoms. The van der Waals surface area contributed by atoms with E-state index in [4.69, 9.17) is 5.73 Å². The van der Waals surface area contributed by atoms with Crippen LogP contribution in [0.3, 0.4) is 0 Å². The molecular formula is C13H14N4O3. The molecule has 1 aromatic heterocycles. The number of aromatic nitrogens is 1. The second-order valence-electron chi connectivity index (χ2n) is 4.23. The van der Waals surface area contributed by atoms with Gasteiger partial charge in [-0.1, -0.05) is 24.3 Å². The summed E-state index contributed by atoms with van der Waals surface area (Å²) in [4.78, 5) is 24.3. The van der Waals surface area contributed by atoms with Crippen LogP contribution in [0.5, 0.6) is 0 Å². The summed E-state index contributed by atoms with van der Waals surface area (Å²) in [6.45, 7) is 0.815. The van der Waals surface area contributed by atoms with Crippen molar-refractivity contribution >= 4 is 11.6 Å². The quantitative estimate of drug-likeness (QED) is 0.563. The third kappa shape index (κ3) is 3.21. The SMILES string of the molecule is NCc1ccc(CNC(=O)c2cc([N+](=O)[O-])c[nH]2)cc1. The number of nitrogens with one attached hydrogen (secondary N) is 2. The molecular weight excluding hydrogens is 260 g/mol. The van der Waals surface area contributed by atoms with Gasteiger partial charge in [-0.15, -0.1) is 0 Å². The Labute approximate surface area is 114 Å². The number of hydrogen-bond donors (Lipinski definition) is 3. The number of hydrogen-bond acceptors (Lipinski definition) is 4. The lowest BCUT2D eigenvalue weighted by Crippen LogP contribution is -2.23. The molecule has 0 fully saturated rings. The molecule has 4 N–H and O–H groups in total. The average Bonchev–Trinajstić information content (AvgIpc) is 2.95. The first-order valence-corrected chi connectivity index (χ1v) is 5.99. The number of carbonyl (C=O) groups excluding carboxylic acids is 1. The van der Waals surface area contributed by atoms with Crippen LogP contribution in [0.4, 0.5) is 5.69 Å². The number of rotatable bonds is 5. The third-order valence-electron chi connectivity index (χ3n) is 2.83. The van der Waals surface area contributed by atoms with Crippen molar-refractivity contribution in [1.82, 2.24) is 10.3 Å². The van der Waals surface area contributed by atoms with Crippen molar-refractivity contribution in [1.29, 1.82) is 0 Å². The molecule has 0 aliphatic carbocycles. The minimum absolute atomic E-state index is 0.137. The lowest BCUT2D eigenvalue weighted by Gasteiger charge is -2.04. The maximum Gasteiger partial charge on any atom is 0.287 e. The number of H-pyrrole nitrogens is 1. The van der Waals surface area contributed by atoms with Crippen molar-refractivity contribution in [3.8, 4) is 0 Å². The summed E-state index contributed by atoms with van der Waals surface area (Å²) >= 11 is 0. The van der Waals surface area contributed by atoms with E-state index < -0.39 is 4.92 Å². The van der Waals surface area contributed by atoms with Gasteiger partial charge in [0.25, 0.3) is 11.6 Å². The first-order valence-electron chi connectivity index (χ1n) is 5.99. The van der Waals surface area contributed by atoms with E-state index in [2.05, 4.69) is 10.3 Å². The van der Waals surface area contributed by atoms with Crippen LogP contribution in [0.15, 0.2) is 36.5 Å². The highest BCUT2D eigenvalue weighted by Crippen LogP contribution is 2.12. The molecule has 0 saturated heterocycles. The third-order valence-corrected chi connectivity index (χ3v) is 2.83. The van der Waals surface area contributed by atoms with Crippen LogP contribution < -0.4 is 11.1 Å². The number of carbonyl (C=O) groups is 1. The Morgan fingerprint density at radius 3 is 2.50 bits per heavy atom. The monoisotopic (exact) mass is 274 g/mol. The number of benzene rings is 1. The zero-order valence-corrected chi connectivity index (χ0v) is 10.6. The Kier molecular flexibility index (Phi) is 4.11. The molecule has 2 aromatic rings. The number of nitrogens with two attached hydrogens (primary N) is 1. The number of amides is 1. The Bertz CT molecular complexity index is 619. The molecule has 0 saturated carbocycles. The highest BCUT2D eigenvalue weighted by molar-refractivity contribution is 5.93. The van der Waals surface area contributed by atoms with Crippen molar-refractivity contribution in [3.05, 3.63) is 63.5 Å². The Hall–Kier alpha value is -2.67. The molecule has 1 aromatic carbocycles. The summed E-state index contributed by atoms with van der Waals surface area (Å²) in [7, 11) is 0. The van der Waals surface area contributed by atoms with Crippen LogP contribution in [0.1, 0.15) is 21.6 Å². The first-order chi connectivity index (χ1) is 9.60. The van der Waals surface area contributed by atoms with Crippen molar-refractivity contribution in [3.63, 3.8) is 0 Å². The molecule has 0 atom stereocenters. The number of aromatic amines is 1. The molecule has 7 nitrogen and oxygen atoms in total. The highest BCUT2D eigenvalue weighted by atomic mass is 16.6. The van der Waals surface area contributed by atoms with Gasteiger partial charge in [0.05, 0.1) is 11.1 Å². The first kappa shape index (κ1) is 13.8. The van der Waals surface area contributed by atoms with Crippen molar-refractivity contribution in [2.45, 2.75) is 13.1 Å². The number of nitro groups is 1. The van der Waals surface area contributed by atoms with Crippen LogP contribution in [0, 0.1) is 10.1 Å².